The lowest BCUT2D eigenvalue weighted by Gasteiger charge is -2.27. The molecule has 154 valence electrons. The molecule has 1 aliphatic carbocycles. The van der Waals surface area contributed by atoms with Crippen LogP contribution in [0.15, 0.2) is 17.3 Å². The van der Waals surface area contributed by atoms with Crippen molar-refractivity contribution in [3.63, 3.8) is 0 Å². The molecular formula is C21H35NO5. The fraction of sp³-hybridized carbons (Fsp3) is 0.810. The number of unbranched alkanes of at least 4 members (excludes halogenated alkanes) is 3. The van der Waals surface area contributed by atoms with Crippen LogP contribution in [0.25, 0.3) is 0 Å². The standard InChI is InChI=1S/C21H35NO5/c1-3-4-9-13-21(2,26)14-12-16-17(19(23)15-18(16)22-27)10-7-5-6-8-11-20(24)25/h5,7,16-18,26H,3-4,6,8-15H2,1-2H3,(H,24,25)/t16-,17-,18?,21-/m1/s1. The molecule has 0 spiro atoms. The third kappa shape index (κ3) is 8.78. The van der Waals surface area contributed by atoms with Gasteiger partial charge in [-0.2, -0.15) is 4.91 Å². The Balaban J connectivity index is 2.56. The van der Waals surface area contributed by atoms with E-state index >= 15 is 0 Å². The Morgan fingerprint density at radius 2 is 2.00 bits per heavy atom. The first kappa shape index (κ1) is 23.5. The summed E-state index contributed by atoms with van der Waals surface area (Å²) >= 11 is 0. The largest absolute Gasteiger partial charge is 0.481 e. The number of nitroso groups, excluding NO2 is 1. The first-order chi connectivity index (χ1) is 12.8. The van der Waals surface area contributed by atoms with Crippen LogP contribution in [0.4, 0.5) is 0 Å². The number of carboxylic acid groups (broad SMARTS) is 1. The SMILES string of the molecule is CCCCC[C@@](C)(O)CC[C@H]1C(N=O)CC(=O)[C@@H]1CC=CCCCC(=O)O. The lowest BCUT2D eigenvalue weighted by Crippen LogP contribution is -2.28. The maximum absolute atomic E-state index is 12.3. The van der Waals surface area contributed by atoms with Gasteiger partial charge in [0.1, 0.15) is 11.8 Å². The van der Waals surface area contributed by atoms with Gasteiger partial charge in [0.2, 0.25) is 0 Å². The molecule has 2 N–H and O–H groups in total. The highest BCUT2D eigenvalue weighted by atomic mass is 16.4. The monoisotopic (exact) mass is 381 g/mol. The molecule has 6 heteroatoms. The minimum Gasteiger partial charge on any atom is -0.481 e. The van der Waals surface area contributed by atoms with E-state index in [9.17, 15) is 19.6 Å². The highest BCUT2D eigenvalue weighted by molar-refractivity contribution is 5.84. The number of hydrogen-bond acceptors (Lipinski definition) is 5. The average molecular weight is 382 g/mol. The Labute approximate surface area is 162 Å². The number of carbonyl (C=O) groups is 2. The molecule has 0 aromatic rings. The lowest BCUT2D eigenvalue weighted by molar-refractivity contribution is -0.137. The molecule has 1 saturated carbocycles. The van der Waals surface area contributed by atoms with Crippen molar-refractivity contribution in [2.75, 3.05) is 0 Å². The predicted molar refractivity (Wildman–Crippen MR) is 105 cm³/mol. The van der Waals surface area contributed by atoms with E-state index in [2.05, 4.69) is 12.1 Å². The number of aliphatic hydroxyl groups is 1. The second-order valence-corrected chi connectivity index (χ2v) is 8.10. The van der Waals surface area contributed by atoms with Crippen LogP contribution in [0.1, 0.15) is 84.5 Å². The zero-order valence-corrected chi connectivity index (χ0v) is 16.7. The van der Waals surface area contributed by atoms with E-state index < -0.39 is 17.6 Å². The fourth-order valence-corrected chi connectivity index (χ4v) is 3.92. The molecule has 0 aromatic carbocycles. The number of nitrogens with zero attached hydrogens (tertiary/aromatic N) is 1. The Kier molecular flexibility index (Phi) is 10.4. The topological polar surface area (TPSA) is 104 Å². The summed E-state index contributed by atoms with van der Waals surface area (Å²) in [6.07, 6.45) is 11.1. The molecule has 1 unspecified atom stereocenters. The van der Waals surface area contributed by atoms with Crippen molar-refractivity contribution in [2.45, 2.75) is 96.1 Å². The molecule has 0 aliphatic heterocycles. The molecule has 0 radical (unpaired) electrons. The lowest BCUT2D eigenvalue weighted by atomic mass is 9.82. The highest BCUT2D eigenvalue weighted by Gasteiger charge is 2.43. The molecule has 0 aromatic heterocycles. The molecule has 1 aliphatic rings. The van der Waals surface area contributed by atoms with E-state index in [1.165, 1.54) is 0 Å². The second-order valence-electron chi connectivity index (χ2n) is 8.10. The van der Waals surface area contributed by atoms with Gasteiger partial charge >= 0.3 is 5.97 Å². The number of ketones is 1. The third-order valence-electron chi connectivity index (χ3n) is 5.62. The van der Waals surface area contributed by atoms with Crippen LogP contribution in [0.2, 0.25) is 0 Å². The summed E-state index contributed by atoms with van der Waals surface area (Å²) < 4.78 is 0. The normalized spacial score (nSPS) is 25.0. The van der Waals surface area contributed by atoms with Crippen molar-refractivity contribution in [2.24, 2.45) is 17.0 Å². The number of aliphatic carboxylic acids is 1. The molecular weight excluding hydrogens is 346 g/mol. The summed E-state index contributed by atoms with van der Waals surface area (Å²) in [4.78, 5) is 34.0. The van der Waals surface area contributed by atoms with Crippen molar-refractivity contribution in [3.8, 4) is 0 Å². The average Bonchev–Trinajstić information content (AvgIpc) is 2.91. The highest BCUT2D eigenvalue weighted by Crippen LogP contribution is 2.39. The van der Waals surface area contributed by atoms with Gasteiger partial charge in [-0.3, -0.25) is 9.59 Å². The first-order valence-electron chi connectivity index (χ1n) is 10.2. The molecule has 27 heavy (non-hydrogen) atoms. The van der Waals surface area contributed by atoms with Gasteiger partial charge in [0.05, 0.1) is 5.60 Å². The van der Waals surface area contributed by atoms with Gasteiger partial charge < -0.3 is 10.2 Å². The Morgan fingerprint density at radius 3 is 2.63 bits per heavy atom. The summed E-state index contributed by atoms with van der Waals surface area (Å²) in [5.74, 6) is -1.07. The van der Waals surface area contributed by atoms with Gasteiger partial charge in [0, 0.05) is 18.8 Å². The third-order valence-corrected chi connectivity index (χ3v) is 5.62. The van der Waals surface area contributed by atoms with E-state index in [-0.39, 0.29) is 30.5 Å². The zero-order chi connectivity index (χ0) is 20.3. The minimum absolute atomic E-state index is 0.0745. The van der Waals surface area contributed by atoms with Crippen LogP contribution in [-0.2, 0) is 9.59 Å². The fourth-order valence-electron chi connectivity index (χ4n) is 3.92. The molecule has 4 atom stereocenters. The number of carbonyl (C=O) groups excluding carboxylic acids is 1. The number of hydrogen-bond donors (Lipinski definition) is 2. The van der Waals surface area contributed by atoms with Crippen molar-refractivity contribution < 1.29 is 19.8 Å². The van der Waals surface area contributed by atoms with Gasteiger partial charge in [-0.25, -0.2) is 0 Å². The van der Waals surface area contributed by atoms with Gasteiger partial charge in [-0.1, -0.05) is 43.5 Å². The van der Waals surface area contributed by atoms with Crippen LogP contribution in [0, 0.1) is 16.7 Å². The predicted octanol–water partition coefficient (Wildman–Crippen LogP) is 4.64. The van der Waals surface area contributed by atoms with E-state index in [0.717, 1.165) is 25.7 Å². The van der Waals surface area contributed by atoms with Crippen molar-refractivity contribution in [3.05, 3.63) is 17.1 Å². The maximum Gasteiger partial charge on any atom is 0.303 e. The summed E-state index contributed by atoms with van der Waals surface area (Å²) in [5.41, 5.74) is -0.772. The van der Waals surface area contributed by atoms with Gasteiger partial charge in [-0.15, -0.1) is 0 Å². The van der Waals surface area contributed by atoms with E-state index in [4.69, 9.17) is 5.11 Å². The summed E-state index contributed by atoms with van der Waals surface area (Å²) in [6, 6.07) is -0.491. The molecule has 1 rings (SSSR count). The van der Waals surface area contributed by atoms with E-state index in [1.807, 2.05) is 19.1 Å². The molecule has 6 nitrogen and oxygen atoms in total. The summed E-state index contributed by atoms with van der Waals surface area (Å²) in [7, 11) is 0. The first-order valence-corrected chi connectivity index (χ1v) is 10.2. The molecule has 0 heterocycles. The van der Waals surface area contributed by atoms with E-state index in [0.29, 0.717) is 32.1 Å². The van der Waals surface area contributed by atoms with Crippen molar-refractivity contribution in [1.29, 1.82) is 0 Å². The van der Waals surface area contributed by atoms with Crippen LogP contribution in [0.3, 0.4) is 0 Å². The maximum atomic E-state index is 12.3. The number of allylic oxidation sites excluding steroid dienone is 2. The number of rotatable bonds is 14. The number of Topliss-reactive ketones (excluding diaryl/α,β-unsaturated/α-hetero) is 1. The van der Waals surface area contributed by atoms with Gasteiger partial charge in [0.15, 0.2) is 0 Å². The minimum atomic E-state index is -0.805. The second kappa shape index (κ2) is 12.0. The summed E-state index contributed by atoms with van der Waals surface area (Å²) in [5, 5.41) is 22.4. The Hall–Kier alpha value is -1.56. The Bertz CT molecular complexity index is 515. The number of carboxylic acids is 1. The van der Waals surface area contributed by atoms with Crippen LogP contribution < -0.4 is 0 Å². The molecule has 0 bridgehead atoms. The van der Waals surface area contributed by atoms with Gasteiger partial charge in [-0.05, 0) is 51.4 Å². The smallest absolute Gasteiger partial charge is 0.303 e. The van der Waals surface area contributed by atoms with Crippen LogP contribution in [-0.4, -0.2) is 33.6 Å². The van der Waals surface area contributed by atoms with Crippen molar-refractivity contribution >= 4 is 11.8 Å². The molecule has 1 fully saturated rings. The van der Waals surface area contributed by atoms with Crippen LogP contribution in [0.5, 0.6) is 0 Å². The zero-order valence-electron chi connectivity index (χ0n) is 16.7. The molecule has 0 saturated heterocycles. The molecule has 0 amide bonds. The van der Waals surface area contributed by atoms with Crippen molar-refractivity contribution in [1.82, 2.24) is 0 Å². The van der Waals surface area contributed by atoms with Crippen LogP contribution >= 0.6 is 0 Å². The van der Waals surface area contributed by atoms with E-state index in [1.54, 1.807) is 0 Å². The summed E-state index contributed by atoms with van der Waals surface area (Å²) in [6.45, 7) is 3.96. The van der Waals surface area contributed by atoms with Gasteiger partial charge in [0.25, 0.3) is 0 Å². The quantitative estimate of drug-likeness (QED) is 0.259. The Morgan fingerprint density at radius 1 is 1.26 bits per heavy atom.